The minimum absolute atomic E-state index is 0.243. The second-order valence-electron chi connectivity index (χ2n) is 2.96. The summed E-state index contributed by atoms with van der Waals surface area (Å²) in [4.78, 5) is 1.56. The van der Waals surface area contributed by atoms with Crippen molar-refractivity contribution in [1.29, 1.82) is 0 Å². The first kappa shape index (κ1) is 6.72. The van der Waals surface area contributed by atoms with Gasteiger partial charge in [0.2, 0.25) is 0 Å². The van der Waals surface area contributed by atoms with E-state index >= 15 is 0 Å². The Labute approximate surface area is 64.6 Å². The molecular formula is C6H11N5. The lowest BCUT2D eigenvalue weighted by Crippen LogP contribution is -2.20. The highest BCUT2D eigenvalue weighted by Crippen LogP contribution is 2.40. The smallest absolute Gasteiger partial charge is 0.194 e. The van der Waals surface area contributed by atoms with Crippen molar-refractivity contribution in [2.45, 2.75) is 31.8 Å². The maximum atomic E-state index is 5.86. The van der Waals surface area contributed by atoms with Crippen molar-refractivity contribution in [2.24, 2.45) is 5.73 Å². The number of hydrogen-bond donors (Lipinski definition) is 1. The molecule has 0 radical (unpaired) electrons. The van der Waals surface area contributed by atoms with E-state index in [2.05, 4.69) is 15.4 Å². The molecule has 1 fully saturated rings. The largest absolute Gasteiger partial charge is 0.319 e. The minimum atomic E-state index is -0.243. The first-order valence-electron chi connectivity index (χ1n) is 3.82. The highest BCUT2D eigenvalue weighted by atomic mass is 15.6. The monoisotopic (exact) mass is 153 g/mol. The molecule has 60 valence electrons. The molecule has 11 heavy (non-hydrogen) atoms. The SMILES string of the molecule is CCn1nnc(C2(N)CC2)n1. The second kappa shape index (κ2) is 2.01. The first-order chi connectivity index (χ1) is 5.24. The summed E-state index contributed by atoms with van der Waals surface area (Å²) < 4.78 is 0. The molecule has 0 aromatic carbocycles. The minimum Gasteiger partial charge on any atom is -0.319 e. The van der Waals surface area contributed by atoms with Gasteiger partial charge < -0.3 is 5.73 Å². The molecule has 1 saturated carbocycles. The Morgan fingerprint density at radius 3 is 2.82 bits per heavy atom. The number of rotatable bonds is 2. The van der Waals surface area contributed by atoms with Crippen LogP contribution in [0.15, 0.2) is 0 Å². The summed E-state index contributed by atoms with van der Waals surface area (Å²) in [6.45, 7) is 2.73. The average molecular weight is 153 g/mol. The highest BCUT2D eigenvalue weighted by molar-refractivity contribution is 5.11. The summed E-state index contributed by atoms with van der Waals surface area (Å²) >= 11 is 0. The fourth-order valence-corrected chi connectivity index (χ4v) is 0.935. The molecule has 0 saturated heterocycles. The lowest BCUT2D eigenvalue weighted by Gasteiger charge is -1.98. The van der Waals surface area contributed by atoms with Gasteiger partial charge in [-0.05, 0) is 25.0 Å². The number of nitrogens with zero attached hydrogens (tertiary/aromatic N) is 4. The van der Waals surface area contributed by atoms with Gasteiger partial charge in [-0.2, -0.15) is 4.80 Å². The molecule has 2 rings (SSSR count). The molecule has 1 aliphatic carbocycles. The third kappa shape index (κ3) is 1.01. The van der Waals surface area contributed by atoms with Crippen LogP contribution in [-0.2, 0) is 12.1 Å². The average Bonchev–Trinajstić information content (AvgIpc) is 2.61. The molecule has 2 N–H and O–H groups in total. The van der Waals surface area contributed by atoms with Gasteiger partial charge in [-0.15, -0.1) is 10.2 Å². The van der Waals surface area contributed by atoms with Gasteiger partial charge in [0.05, 0.1) is 12.1 Å². The summed E-state index contributed by atoms with van der Waals surface area (Å²) in [6, 6.07) is 0. The molecule has 0 atom stereocenters. The Bertz CT molecular complexity index is 262. The standard InChI is InChI=1S/C6H11N5/c1-2-11-9-5(8-10-11)6(7)3-4-6/h2-4,7H2,1H3. The summed E-state index contributed by atoms with van der Waals surface area (Å²) in [5.41, 5.74) is 5.61. The van der Waals surface area contributed by atoms with Gasteiger partial charge in [0.1, 0.15) is 0 Å². The van der Waals surface area contributed by atoms with Crippen molar-refractivity contribution in [2.75, 3.05) is 0 Å². The molecule has 0 unspecified atom stereocenters. The predicted molar refractivity (Wildman–Crippen MR) is 38.6 cm³/mol. The number of aromatic nitrogens is 4. The molecule has 0 spiro atoms. The van der Waals surface area contributed by atoms with Gasteiger partial charge in [0, 0.05) is 0 Å². The van der Waals surface area contributed by atoms with Crippen LogP contribution in [0.1, 0.15) is 25.6 Å². The first-order valence-corrected chi connectivity index (χ1v) is 3.82. The zero-order chi connectivity index (χ0) is 7.90. The van der Waals surface area contributed by atoms with E-state index in [-0.39, 0.29) is 5.54 Å². The number of nitrogens with two attached hydrogens (primary N) is 1. The summed E-state index contributed by atoms with van der Waals surface area (Å²) in [7, 11) is 0. The lowest BCUT2D eigenvalue weighted by atomic mass is 10.3. The van der Waals surface area contributed by atoms with E-state index in [1.807, 2.05) is 6.92 Å². The molecular weight excluding hydrogens is 142 g/mol. The number of hydrogen-bond acceptors (Lipinski definition) is 4. The van der Waals surface area contributed by atoms with Crippen molar-refractivity contribution in [3.05, 3.63) is 5.82 Å². The molecule has 0 bridgehead atoms. The van der Waals surface area contributed by atoms with Crippen LogP contribution in [0, 0.1) is 0 Å². The summed E-state index contributed by atoms with van der Waals surface area (Å²) in [5, 5.41) is 11.8. The van der Waals surface area contributed by atoms with Gasteiger partial charge in [-0.25, -0.2) is 0 Å². The maximum absolute atomic E-state index is 5.86. The molecule has 5 nitrogen and oxygen atoms in total. The van der Waals surface area contributed by atoms with Crippen molar-refractivity contribution in [3.8, 4) is 0 Å². The van der Waals surface area contributed by atoms with Crippen LogP contribution in [0.3, 0.4) is 0 Å². The van der Waals surface area contributed by atoms with Crippen LogP contribution in [0.2, 0.25) is 0 Å². The van der Waals surface area contributed by atoms with Crippen molar-refractivity contribution >= 4 is 0 Å². The van der Waals surface area contributed by atoms with Crippen LogP contribution in [0.4, 0.5) is 0 Å². The molecule has 1 aromatic heterocycles. The lowest BCUT2D eigenvalue weighted by molar-refractivity contribution is 0.545. The molecule has 0 amide bonds. The topological polar surface area (TPSA) is 69.6 Å². The maximum Gasteiger partial charge on any atom is 0.194 e. The number of tetrazole rings is 1. The van der Waals surface area contributed by atoms with E-state index in [1.165, 1.54) is 0 Å². The Kier molecular flexibility index (Phi) is 1.23. The van der Waals surface area contributed by atoms with E-state index in [9.17, 15) is 0 Å². The van der Waals surface area contributed by atoms with Crippen LogP contribution in [0.25, 0.3) is 0 Å². The van der Waals surface area contributed by atoms with Gasteiger partial charge >= 0.3 is 0 Å². The van der Waals surface area contributed by atoms with Crippen LogP contribution < -0.4 is 5.73 Å². The van der Waals surface area contributed by atoms with E-state index < -0.39 is 0 Å². The normalized spacial score (nSPS) is 20.2. The summed E-state index contributed by atoms with van der Waals surface area (Å²) in [6.07, 6.45) is 1.98. The van der Waals surface area contributed by atoms with Gasteiger partial charge in [0.15, 0.2) is 5.82 Å². The number of aryl methyl sites for hydroxylation is 1. The highest BCUT2D eigenvalue weighted by Gasteiger charge is 2.44. The molecule has 5 heteroatoms. The van der Waals surface area contributed by atoms with Crippen molar-refractivity contribution < 1.29 is 0 Å². The predicted octanol–water partition coefficient (Wildman–Crippen LogP) is -0.359. The molecule has 1 heterocycles. The molecule has 0 aliphatic heterocycles. The zero-order valence-corrected chi connectivity index (χ0v) is 6.49. The fourth-order valence-electron chi connectivity index (χ4n) is 0.935. The third-order valence-electron chi connectivity index (χ3n) is 1.97. The van der Waals surface area contributed by atoms with Gasteiger partial charge in [-0.3, -0.25) is 0 Å². The summed E-state index contributed by atoms with van der Waals surface area (Å²) in [5.74, 6) is 0.694. The quantitative estimate of drug-likeness (QED) is 0.630. The van der Waals surface area contributed by atoms with Crippen LogP contribution in [-0.4, -0.2) is 20.2 Å². The van der Waals surface area contributed by atoms with E-state index in [1.54, 1.807) is 4.80 Å². The van der Waals surface area contributed by atoms with E-state index in [4.69, 9.17) is 5.73 Å². The van der Waals surface area contributed by atoms with Crippen molar-refractivity contribution in [1.82, 2.24) is 20.2 Å². The zero-order valence-electron chi connectivity index (χ0n) is 6.49. The second-order valence-corrected chi connectivity index (χ2v) is 2.96. The Hall–Kier alpha value is -0.970. The third-order valence-corrected chi connectivity index (χ3v) is 1.97. The molecule has 1 aromatic rings. The van der Waals surface area contributed by atoms with E-state index in [0.717, 1.165) is 19.4 Å². The Morgan fingerprint density at radius 2 is 2.36 bits per heavy atom. The van der Waals surface area contributed by atoms with Crippen LogP contribution >= 0.6 is 0 Å². The Balaban J connectivity index is 2.25. The fraction of sp³-hybridized carbons (Fsp3) is 0.833. The van der Waals surface area contributed by atoms with Gasteiger partial charge in [0.25, 0.3) is 0 Å². The van der Waals surface area contributed by atoms with E-state index in [0.29, 0.717) is 5.82 Å². The van der Waals surface area contributed by atoms with Crippen molar-refractivity contribution in [3.63, 3.8) is 0 Å². The Morgan fingerprint density at radius 1 is 1.64 bits per heavy atom. The van der Waals surface area contributed by atoms with Gasteiger partial charge in [-0.1, -0.05) is 0 Å². The van der Waals surface area contributed by atoms with Crippen LogP contribution in [0.5, 0.6) is 0 Å². The molecule has 1 aliphatic rings.